The zero-order valence-electron chi connectivity index (χ0n) is 10.7. The third kappa shape index (κ3) is 3.13. The van der Waals surface area contributed by atoms with Crippen LogP contribution < -0.4 is 0 Å². The van der Waals surface area contributed by atoms with Crippen molar-refractivity contribution in [1.29, 1.82) is 0 Å². The average Bonchev–Trinajstić information content (AvgIpc) is 3.07. The third-order valence-electron chi connectivity index (χ3n) is 2.42. The van der Waals surface area contributed by atoms with E-state index in [9.17, 15) is 22.8 Å². The highest BCUT2D eigenvalue weighted by Crippen LogP contribution is 2.31. The fraction of sp³-hybridized carbons (Fsp3) is 0.250. The Kier molecular flexibility index (Phi) is 4.12. The van der Waals surface area contributed by atoms with E-state index in [0.29, 0.717) is 4.68 Å². The summed E-state index contributed by atoms with van der Waals surface area (Å²) >= 11 is 1.06. The largest absolute Gasteiger partial charge is 0.462 e. The molecule has 0 N–H and O–H groups in total. The van der Waals surface area contributed by atoms with Gasteiger partial charge < -0.3 is 4.74 Å². The SMILES string of the molecule is CCOC(=O)c1cn(C(=O)c2cccs2)nc1C(F)(F)F. The molecular weight excluding hydrogens is 309 g/mol. The number of hydrogen-bond acceptors (Lipinski definition) is 5. The normalized spacial score (nSPS) is 11.4. The number of halogens is 3. The number of esters is 1. The quantitative estimate of drug-likeness (QED) is 0.817. The molecule has 0 unspecified atom stereocenters. The predicted octanol–water partition coefficient (Wildman–Crippen LogP) is 2.83. The van der Waals surface area contributed by atoms with Gasteiger partial charge in [-0.2, -0.15) is 18.3 Å². The molecule has 2 aromatic rings. The standard InChI is InChI=1S/C12H9F3N2O3S/c1-2-20-11(19)7-6-17(16-9(7)12(13,14)15)10(18)8-4-3-5-21-8/h3-6H,2H2,1H3. The van der Waals surface area contributed by atoms with Crippen LogP contribution in [0.5, 0.6) is 0 Å². The van der Waals surface area contributed by atoms with Crippen LogP contribution >= 0.6 is 11.3 Å². The van der Waals surface area contributed by atoms with Crippen LogP contribution in [0.2, 0.25) is 0 Å². The molecule has 21 heavy (non-hydrogen) atoms. The Morgan fingerprint density at radius 1 is 1.43 bits per heavy atom. The van der Waals surface area contributed by atoms with Gasteiger partial charge in [-0.15, -0.1) is 11.3 Å². The van der Waals surface area contributed by atoms with Crippen LogP contribution in [0.15, 0.2) is 23.7 Å². The van der Waals surface area contributed by atoms with Crippen LogP contribution in [-0.2, 0) is 10.9 Å². The number of rotatable bonds is 3. The van der Waals surface area contributed by atoms with Crippen molar-refractivity contribution in [3.8, 4) is 0 Å². The van der Waals surface area contributed by atoms with Crippen molar-refractivity contribution >= 4 is 23.2 Å². The Morgan fingerprint density at radius 2 is 2.14 bits per heavy atom. The van der Waals surface area contributed by atoms with Gasteiger partial charge >= 0.3 is 12.1 Å². The molecule has 0 atom stereocenters. The highest BCUT2D eigenvalue weighted by atomic mass is 32.1. The lowest BCUT2D eigenvalue weighted by Crippen LogP contribution is -2.15. The molecule has 0 fully saturated rings. The molecule has 0 aromatic carbocycles. The van der Waals surface area contributed by atoms with Gasteiger partial charge in [0, 0.05) is 6.20 Å². The molecule has 2 aromatic heterocycles. The van der Waals surface area contributed by atoms with Crippen molar-refractivity contribution in [3.63, 3.8) is 0 Å². The van der Waals surface area contributed by atoms with Crippen LogP contribution in [0, 0.1) is 0 Å². The number of carbonyl (C=O) groups is 2. The summed E-state index contributed by atoms with van der Waals surface area (Å²) in [5.41, 5.74) is -2.22. The smallest absolute Gasteiger partial charge is 0.436 e. The predicted molar refractivity (Wildman–Crippen MR) is 67.2 cm³/mol. The van der Waals surface area contributed by atoms with Gasteiger partial charge in [-0.25, -0.2) is 9.48 Å². The number of thiophene rings is 1. The Labute approximate surface area is 120 Å². The minimum atomic E-state index is -4.86. The molecule has 2 heterocycles. The Morgan fingerprint density at radius 3 is 2.67 bits per heavy atom. The Balaban J connectivity index is 2.46. The minimum Gasteiger partial charge on any atom is -0.462 e. The van der Waals surface area contributed by atoms with Crippen LogP contribution in [0.1, 0.15) is 32.6 Å². The second-order valence-electron chi connectivity index (χ2n) is 3.84. The first-order chi connectivity index (χ1) is 9.84. The van der Waals surface area contributed by atoms with Crippen molar-refractivity contribution < 1.29 is 27.5 Å². The van der Waals surface area contributed by atoms with Gasteiger partial charge in [-0.3, -0.25) is 4.79 Å². The number of ether oxygens (including phenoxy) is 1. The first-order valence-corrected chi connectivity index (χ1v) is 6.64. The molecule has 0 saturated heterocycles. The van der Waals surface area contributed by atoms with Gasteiger partial charge in [-0.05, 0) is 18.4 Å². The molecule has 0 spiro atoms. The van der Waals surface area contributed by atoms with E-state index in [2.05, 4.69) is 9.84 Å². The lowest BCUT2D eigenvalue weighted by molar-refractivity contribution is -0.141. The molecule has 0 aliphatic rings. The average molecular weight is 318 g/mol. The summed E-state index contributed by atoms with van der Waals surface area (Å²) in [6.45, 7) is 1.38. The van der Waals surface area contributed by atoms with Gasteiger partial charge in [0.2, 0.25) is 0 Å². The van der Waals surface area contributed by atoms with E-state index in [1.807, 2.05) is 0 Å². The molecule has 0 aliphatic heterocycles. The molecular formula is C12H9F3N2O3S. The first kappa shape index (κ1) is 15.2. The Bertz CT molecular complexity index is 662. The maximum atomic E-state index is 12.9. The van der Waals surface area contributed by atoms with Crippen LogP contribution in [0.3, 0.4) is 0 Å². The van der Waals surface area contributed by atoms with Gasteiger partial charge in [0.25, 0.3) is 5.91 Å². The van der Waals surface area contributed by atoms with Crippen molar-refractivity contribution in [2.24, 2.45) is 0 Å². The number of hydrogen-bond donors (Lipinski definition) is 0. The lowest BCUT2D eigenvalue weighted by atomic mass is 10.2. The van der Waals surface area contributed by atoms with E-state index in [1.54, 1.807) is 11.4 Å². The topological polar surface area (TPSA) is 61.2 Å². The summed E-state index contributed by atoms with van der Waals surface area (Å²) in [6, 6.07) is 3.03. The van der Waals surface area contributed by atoms with Crippen LogP contribution in [0.25, 0.3) is 0 Å². The molecule has 0 saturated carbocycles. The fourth-order valence-electron chi connectivity index (χ4n) is 1.56. The summed E-state index contributed by atoms with van der Waals surface area (Å²) in [5, 5.41) is 4.79. The van der Waals surface area contributed by atoms with E-state index >= 15 is 0 Å². The number of aromatic nitrogens is 2. The zero-order chi connectivity index (χ0) is 15.6. The molecule has 0 radical (unpaired) electrons. The van der Waals surface area contributed by atoms with Crippen LogP contribution in [-0.4, -0.2) is 28.3 Å². The maximum absolute atomic E-state index is 12.9. The van der Waals surface area contributed by atoms with E-state index in [-0.39, 0.29) is 11.5 Å². The molecule has 9 heteroatoms. The lowest BCUT2D eigenvalue weighted by Gasteiger charge is -2.04. The summed E-state index contributed by atoms with van der Waals surface area (Å²) in [7, 11) is 0. The van der Waals surface area contributed by atoms with E-state index in [1.165, 1.54) is 13.0 Å². The Hall–Kier alpha value is -2.16. The monoisotopic (exact) mass is 318 g/mol. The summed E-state index contributed by atoms with van der Waals surface area (Å²) in [5.74, 6) is -1.92. The summed E-state index contributed by atoms with van der Waals surface area (Å²) < 4.78 is 43.7. The van der Waals surface area contributed by atoms with Gasteiger partial charge in [0.15, 0.2) is 5.69 Å². The van der Waals surface area contributed by atoms with Gasteiger partial charge in [0.1, 0.15) is 5.56 Å². The fourth-order valence-corrected chi connectivity index (χ4v) is 2.21. The van der Waals surface area contributed by atoms with Crippen molar-refractivity contribution in [3.05, 3.63) is 39.8 Å². The zero-order valence-corrected chi connectivity index (χ0v) is 11.5. The van der Waals surface area contributed by atoms with Crippen LogP contribution in [0.4, 0.5) is 13.2 Å². The van der Waals surface area contributed by atoms with Crippen molar-refractivity contribution in [2.75, 3.05) is 6.61 Å². The molecule has 0 bridgehead atoms. The molecule has 2 rings (SSSR count). The second kappa shape index (κ2) is 5.68. The van der Waals surface area contributed by atoms with E-state index < -0.39 is 29.3 Å². The number of alkyl halides is 3. The molecule has 0 aliphatic carbocycles. The first-order valence-electron chi connectivity index (χ1n) is 5.76. The van der Waals surface area contributed by atoms with E-state index in [0.717, 1.165) is 17.5 Å². The second-order valence-corrected chi connectivity index (χ2v) is 4.78. The number of nitrogens with zero attached hydrogens (tertiary/aromatic N) is 2. The van der Waals surface area contributed by atoms with E-state index in [4.69, 9.17) is 0 Å². The van der Waals surface area contributed by atoms with Crippen molar-refractivity contribution in [1.82, 2.24) is 9.78 Å². The highest BCUT2D eigenvalue weighted by Gasteiger charge is 2.40. The third-order valence-corrected chi connectivity index (χ3v) is 3.28. The maximum Gasteiger partial charge on any atom is 0.436 e. The van der Waals surface area contributed by atoms with Crippen molar-refractivity contribution in [2.45, 2.75) is 13.1 Å². The summed E-state index contributed by atoms with van der Waals surface area (Å²) in [6.07, 6.45) is -4.12. The number of carbonyl (C=O) groups excluding carboxylic acids is 2. The molecule has 5 nitrogen and oxygen atoms in total. The molecule has 112 valence electrons. The molecule has 0 amide bonds. The minimum absolute atomic E-state index is 0.0832. The summed E-state index contributed by atoms with van der Waals surface area (Å²) in [4.78, 5) is 23.7. The highest BCUT2D eigenvalue weighted by molar-refractivity contribution is 7.12. The van der Waals surface area contributed by atoms with Gasteiger partial charge in [-0.1, -0.05) is 6.07 Å². The van der Waals surface area contributed by atoms with Gasteiger partial charge in [0.05, 0.1) is 11.5 Å².